The summed E-state index contributed by atoms with van der Waals surface area (Å²) in [6.45, 7) is 2.23. The minimum atomic E-state index is 0.966. The first-order valence-corrected chi connectivity index (χ1v) is 5.06. The van der Waals surface area contributed by atoms with E-state index in [-0.39, 0.29) is 0 Å². The van der Waals surface area contributed by atoms with Crippen molar-refractivity contribution in [1.82, 2.24) is 0 Å². The van der Waals surface area contributed by atoms with E-state index in [1.165, 1.54) is 25.7 Å². The van der Waals surface area contributed by atoms with Crippen LogP contribution >= 0.6 is 0 Å². The standard InChI is InChI=1S/C11H18/c1-2-3-4-10-7-9-5-6-11(10)8-9/h3-4,9-11H,2,5-8H2,1H3/t9?,10-,11?/m1/s1. The van der Waals surface area contributed by atoms with E-state index in [1.807, 2.05) is 0 Å². The minimum Gasteiger partial charge on any atom is -0.0885 e. The smallest absolute Gasteiger partial charge is 0.0202 e. The minimum absolute atomic E-state index is 0.966. The molecule has 0 spiro atoms. The van der Waals surface area contributed by atoms with Crippen molar-refractivity contribution in [3.8, 4) is 0 Å². The van der Waals surface area contributed by atoms with Gasteiger partial charge in [0.25, 0.3) is 0 Å². The molecule has 0 heterocycles. The van der Waals surface area contributed by atoms with Gasteiger partial charge in [0.1, 0.15) is 0 Å². The average Bonchev–Trinajstić information content (AvgIpc) is 2.60. The topological polar surface area (TPSA) is 0 Å². The van der Waals surface area contributed by atoms with Gasteiger partial charge >= 0.3 is 0 Å². The van der Waals surface area contributed by atoms with E-state index in [4.69, 9.17) is 0 Å². The highest BCUT2D eigenvalue weighted by molar-refractivity contribution is 5.00. The Morgan fingerprint density at radius 3 is 2.73 bits per heavy atom. The van der Waals surface area contributed by atoms with Gasteiger partial charge in [-0.2, -0.15) is 0 Å². The van der Waals surface area contributed by atoms with Crippen molar-refractivity contribution in [1.29, 1.82) is 0 Å². The second kappa shape index (κ2) is 3.00. The van der Waals surface area contributed by atoms with Gasteiger partial charge in [0, 0.05) is 0 Å². The van der Waals surface area contributed by atoms with Gasteiger partial charge in [0.05, 0.1) is 0 Å². The van der Waals surface area contributed by atoms with Gasteiger partial charge in [0.15, 0.2) is 0 Å². The fourth-order valence-corrected chi connectivity index (χ4v) is 2.84. The summed E-state index contributed by atoms with van der Waals surface area (Å²) in [5.41, 5.74) is 0. The summed E-state index contributed by atoms with van der Waals surface area (Å²) in [6, 6.07) is 0. The maximum atomic E-state index is 2.48. The zero-order valence-corrected chi connectivity index (χ0v) is 7.42. The van der Waals surface area contributed by atoms with Crippen LogP contribution in [-0.2, 0) is 0 Å². The Morgan fingerprint density at radius 1 is 1.27 bits per heavy atom. The van der Waals surface area contributed by atoms with E-state index in [0.29, 0.717) is 0 Å². The van der Waals surface area contributed by atoms with Crippen LogP contribution in [0, 0.1) is 17.8 Å². The van der Waals surface area contributed by atoms with E-state index in [9.17, 15) is 0 Å². The summed E-state index contributed by atoms with van der Waals surface area (Å²) in [6.07, 6.45) is 12.1. The number of hydrogen-bond donors (Lipinski definition) is 0. The first kappa shape index (κ1) is 7.39. The molecule has 2 saturated carbocycles. The molecule has 0 saturated heterocycles. The van der Waals surface area contributed by atoms with Gasteiger partial charge in [-0.1, -0.05) is 25.5 Å². The molecule has 2 fully saturated rings. The van der Waals surface area contributed by atoms with Crippen LogP contribution in [0.1, 0.15) is 39.0 Å². The van der Waals surface area contributed by atoms with Gasteiger partial charge in [-0.3, -0.25) is 0 Å². The molecule has 2 rings (SSSR count). The third-order valence-electron chi connectivity index (χ3n) is 3.41. The van der Waals surface area contributed by atoms with Crippen LogP contribution in [0.25, 0.3) is 0 Å². The summed E-state index contributed by atoms with van der Waals surface area (Å²) in [5, 5.41) is 0. The molecule has 3 atom stereocenters. The van der Waals surface area contributed by atoms with Crippen molar-refractivity contribution in [2.75, 3.05) is 0 Å². The van der Waals surface area contributed by atoms with Crippen LogP contribution < -0.4 is 0 Å². The fourth-order valence-electron chi connectivity index (χ4n) is 2.84. The van der Waals surface area contributed by atoms with Crippen LogP contribution in [-0.4, -0.2) is 0 Å². The lowest BCUT2D eigenvalue weighted by molar-refractivity contribution is 0.394. The molecule has 2 unspecified atom stereocenters. The summed E-state index contributed by atoms with van der Waals surface area (Å²) >= 11 is 0. The Labute approximate surface area is 69.7 Å². The van der Waals surface area contributed by atoms with E-state index in [2.05, 4.69) is 19.1 Å². The summed E-state index contributed by atoms with van der Waals surface area (Å²) in [4.78, 5) is 0. The number of allylic oxidation sites excluding steroid dienone is 2. The van der Waals surface area contributed by atoms with Crippen LogP contribution in [0.4, 0.5) is 0 Å². The molecule has 0 aromatic heterocycles. The lowest BCUT2D eigenvalue weighted by atomic mass is 9.88. The van der Waals surface area contributed by atoms with E-state index in [0.717, 1.165) is 17.8 Å². The molecule has 0 amide bonds. The highest BCUT2D eigenvalue weighted by atomic mass is 14.4. The lowest BCUT2D eigenvalue weighted by Gasteiger charge is -2.17. The van der Waals surface area contributed by atoms with Gasteiger partial charge in [-0.25, -0.2) is 0 Å². The molecule has 0 aromatic carbocycles. The van der Waals surface area contributed by atoms with Crippen LogP contribution in [0.2, 0.25) is 0 Å². The maximum absolute atomic E-state index is 2.48. The number of hydrogen-bond acceptors (Lipinski definition) is 0. The van der Waals surface area contributed by atoms with Crippen LogP contribution in [0.15, 0.2) is 12.2 Å². The first-order chi connectivity index (χ1) is 5.40. The molecule has 0 aliphatic heterocycles. The molecule has 0 nitrogen and oxygen atoms in total. The van der Waals surface area contributed by atoms with Crippen molar-refractivity contribution >= 4 is 0 Å². The van der Waals surface area contributed by atoms with Crippen molar-refractivity contribution in [2.24, 2.45) is 17.8 Å². The van der Waals surface area contributed by atoms with Crippen LogP contribution in [0.5, 0.6) is 0 Å². The second-order valence-electron chi connectivity index (χ2n) is 4.18. The molecule has 2 aliphatic rings. The van der Waals surface area contributed by atoms with E-state index < -0.39 is 0 Å². The molecular weight excluding hydrogens is 132 g/mol. The maximum Gasteiger partial charge on any atom is -0.0202 e. The average molecular weight is 150 g/mol. The zero-order chi connectivity index (χ0) is 7.68. The molecule has 0 heteroatoms. The molecule has 62 valence electrons. The molecule has 0 aromatic rings. The molecular formula is C11H18. The number of rotatable bonds is 2. The van der Waals surface area contributed by atoms with Crippen molar-refractivity contribution in [3.05, 3.63) is 12.2 Å². The van der Waals surface area contributed by atoms with E-state index >= 15 is 0 Å². The predicted molar refractivity (Wildman–Crippen MR) is 48.4 cm³/mol. The Kier molecular flexibility index (Phi) is 2.02. The second-order valence-corrected chi connectivity index (χ2v) is 4.18. The van der Waals surface area contributed by atoms with E-state index in [1.54, 1.807) is 6.42 Å². The van der Waals surface area contributed by atoms with Crippen molar-refractivity contribution < 1.29 is 0 Å². The summed E-state index contributed by atoms with van der Waals surface area (Å²) in [7, 11) is 0. The normalized spacial score (nSPS) is 42.5. The zero-order valence-electron chi connectivity index (χ0n) is 7.42. The van der Waals surface area contributed by atoms with Crippen molar-refractivity contribution in [3.63, 3.8) is 0 Å². The molecule has 2 bridgehead atoms. The van der Waals surface area contributed by atoms with Gasteiger partial charge in [-0.15, -0.1) is 0 Å². The SMILES string of the molecule is CCC=C[C@@H]1CC2CCC1C2. The van der Waals surface area contributed by atoms with Crippen LogP contribution in [0.3, 0.4) is 0 Å². The quantitative estimate of drug-likeness (QED) is 0.529. The highest BCUT2D eigenvalue weighted by Crippen LogP contribution is 2.48. The highest BCUT2D eigenvalue weighted by Gasteiger charge is 2.37. The Hall–Kier alpha value is -0.260. The Bertz CT molecular complexity index is 157. The third kappa shape index (κ3) is 1.36. The molecule has 2 aliphatic carbocycles. The van der Waals surface area contributed by atoms with Gasteiger partial charge in [0.2, 0.25) is 0 Å². The lowest BCUT2D eigenvalue weighted by Crippen LogP contribution is -2.06. The van der Waals surface area contributed by atoms with Gasteiger partial charge in [-0.05, 0) is 43.4 Å². The first-order valence-electron chi connectivity index (χ1n) is 5.06. The van der Waals surface area contributed by atoms with Gasteiger partial charge < -0.3 is 0 Å². The molecule has 0 radical (unpaired) electrons. The number of fused-ring (bicyclic) bond motifs is 2. The largest absolute Gasteiger partial charge is 0.0885 e. The Morgan fingerprint density at radius 2 is 2.18 bits per heavy atom. The summed E-state index contributed by atoms with van der Waals surface area (Å²) < 4.78 is 0. The molecule has 11 heavy (non-hydrogen) atoms. The van der Waals surface area contributed by atoms with Crippen molar-refractivity contribution in [2.45, 2.75) is 39.0 Å². The monoisotopic (exact) mass is 150 g/mol. The Balaban J connectivity index is 1.92. The fraction of sp³-hybridized carbons (Fsp3) is 0.818. The molecule has 0 N–H and O–H groups in total. The summed E-state index contributed by atoms with van der Waals surface area (Å²) in [5.74, 6) is 3.14. The predicted octanol–water partition coefficient (Wildman–Crippen LogP) is 3.39. The third-order valence-corrected chi connectivity index (χ3v) is 3.41.